The van der Waals surface area contributed by atoms with E-state index in [9.17, 15) is 13.2 Å². The van der Waals surface area contributed by atoms with Crippen molar-refractivity contribution in [1.82, 2.24) is 0 Å². The summed E-state index contributed by atoms with van der Waals surface area (Å²) in [6.45, 7) is -0.299. The quantitative estimate of drug-likeness (QED) is 0.934. The van der Waals surface area contributed by atoms with E-state index in [-0.39, 0.29) is 23.7 Å². The smallest absolute Gasteiger partial charge is 0.416 e. The Balaban J connectivity index is 2.29. The second-order valence-electron chi connectivity index (χ2n) is 4.22. The molecule has 0 heterocycles. The predicted molar refractivity (Wildman–Crippen MR) is 68.6 cm³/mol. The average Bonchev–Trinajstić information content (AvgIpc) is 2.46. The van der Waals surface area contributed by atoms with Crippen LogP contribution in [-0.2, 0) is 12.8 Å². The van der Waals surface area contributed by atoms with Crippen LogP contribution >= 0.6 is 0 Å². The molecule has 2 aromatic rings. The molecule has 2 rings (SSSR count). The van der Waals surface area contributed by atoms with E-state index in [4.69, 9.17) is 15.1 Å². The van der Waals surface area contributed by atoms with Crippen LogP contribution < -0.4 is 4.74 Å². The molecule has 0 spiro atoms. The van der Waals surface area contributed by atoms with Gasteiger partial charge in [0.2, 0.25) is 0 Å². The molecule has 0 atom stereocenters. The topological polar surface area (TPSA) is 53.2 Å². The van der Waals surface area contributed by atoms with Crippen molar-refractivity contribution in [2.45, 2.75) is 12.8 Å². The van der Waals surface area contributed by atoms with E-state index >= 15 is 0 Å². The normalized spacial score (nSPS) is 11.0. The molecule has 3 nitrogen and oxygen atoms in total. The zero-order chi connectivity index (χ0) is 15.5. The van der Waals surface area contributed by atoms with E-state index in [0.29, 0.717) is 5.56 Å². The Hall–Kier alpha value is -2.52. The lowest BCUT2D eigenvalue weighted by atomic mass is 10.1. The molecule has 108 valence electrons. The highest BCUT2D eigenvalue weighted by molar-refractivity contribution is 5.44. The third-order valence-corrected chi connectivity index (χ3v) is 2.77. The number of nitriles is 1. The highest BCUT2D eigenvalue weighted by Crippen LogP contribution is 2.33. The molecular formula is C15H10F3NO2. The Morgan fingerprint density at radius 1 is 1.10 bits per heavy atom. The fraction of sp³-hybridized carbons (Fsp3) is 0.133. The molecule has 21 heavy (non-hydrogen) atoms. The Morgan fingerprint density at radius 2 is 1.81 bits per heavy atom. The van der Waals surface area contributed by atoms with Gasteiger partial charge in [-0.25, -0.2) is 0 Å². The summed E-state index contributed by atoms with van der Waals surface area (Å²) in [5.41, 5.74) is -0.177. The molecule has 0 saturated carbocycles. The minimum atomic E-state index is -4.45. The van der Waals surface area contributed by atoms with Gasteiger partial charge in [0.25, 0.3) is 0 Å². The van der Waals surface area contributed by atoms with Crippen molar-refractivity contribution >= 4 is 0 Å². The van der Waals surface area contributed by atoms with Gasteiger partial charge in [0, 0.05) is 0 Å². The highest BCUT2D eigenvalue weighted by atomic mass is 19.4. The molecule has 6 heteroatoms. The number of halogens is 3. The number of aliphatic hydroxyl groups is 1. The summed E-state index contributed by atoms with van der Waals surface area (Å²) >= 11 is 0. The van der Waals surface area contributed by atoms with Gasteiger partial charge < -0.3 is 9.84 Å². The predicted octanol–water partition coefficient (Wildman–Crippen LogP) is 3.86. The second-order valence-corrected chi connectivity index (χ2v) is 4.22. The van der Waals surface area contributed by atoms with Gasteiger partial charge >= 0.3 is 6.18 Å². The zero-order valence-corrected chi connectivity index (χ0v) is 10.7. The highest BCUT2D eigenvalue weighted by Gasteiger charge is 2.30. The van der Waals surface area contributed by atoms with Crippen LogP contribution in [0, 0.1) is 11.3 Å². The molecule has 0 radical (unpaired) electrons. The zero-order valence-electron chi connectivity index (χ0n) is 10.7. The Morgan fingerprint density at radius 3 is 2.43 bits per heavy atom. The molecule has 2 aromatic carbocycles. The first kappa shape index (κ1) is 14.9. The third-order valence-electron chi connectivity index (χ3n) is 2.77. The van der Waals surface area contributed by atoms with Gasteiger partial charge in [-0.05, 0) is 35.9 Å². The lowest BCUT2D eigenvalue weighted by molar-refractivity contribution is -0.137. The maximum absolute atomic E-state index is 12.6. The monoisotopic (exact) mass is 293 g/mol. The summed E-state index contributed by atoms with van der Waals surface area (Å²) in [6.07, 6.45) is -4.45. The number of hydrogen-bond acceptors (Lipinski definition) is 3. The van der Waals surface area contributed by atoms with E-state index < -0.39 is 11.7 Å². The maximum Gasteiger partial charge on any atom is 0.416 e. The SMILES string of the molecule is N#Cc1cc(Oc2cccc(C(F)(F)F)c2)ccc1CO. The van der Waals surface area contributed by atoms with Crippen molar-refractivity contribution in [2.24, 2.45) is 0 Å². The van der Waals surface area contributed by atoms with Crippen molar-refractivity contribution in [3.8, 4) is 17.6 Å². The number of hydrogen-bond donors (Lipinski definition) is 1. The molecule has 0 aliphatic carbocycles. The molecule has 1 N–H and O–H groups in total. The third kappa shape index (κ3) is 3.52. The Bertz CT molecular complexity index is 690. The summed E-state index contributed by atoms with van der Waals surface area (Å²) in [4.78, 5) is 0. The standard InChI is InChI=1S/C15H10F3NO2/c16-15(17,18)12-2-1-3-13(7-12)21-14-5-4-10(9-20)11(6-14)8-19/h1-7,20H,9H2. The molecular weight excluding hydrogens is 283 g/mol. The fourth-order valence-electron chi connectivity index (χ4n) is 1.73. The van der Waals surface area contributed by atoms with Crippen molar-refractivity contribution in [1.29, 1.82) is 5.26 Å². The van der Waals surface area contributed by atoms with Gasteiger partial charge in [0.1, 0.15) is 11.5 Å². The van der Waals surface area contributed by atoms with Crippen LogP contribution in [0.25, 0.3) is 0 Å². The van der Waals surface area contributed by atoms with Crippen LogP contribution in [-0.4, -0.2) is 5.11 Å². The van der Waals surface area contributed by atoms with Crippen molar-refractivity contribution in [3.05, 3.63) is 59.2 Å². The first-order valence-electron chi connectivity index (χ1n) is 5.93. The first-order valence-corrected chi connectivity index (χ1v) is 5.93. The van der Waals surface area contributed by atoms with Crippen molar-refractivity contribution in [3.63, 3.8) is 0 Å². The fourth-order valence-corrected chi connectivity index (χ4v) is 1.73. The van der Waals surface area contributed by atoms with Crippen LogP contribution in [0.4, 0.5) is 13.2 Å². The van der Waals surface area contributed by atoms with Crippen LogP contribution in [0.5, 0.6) is 11.5 Å². The summed E-state index contributed by atoms with van der Waals surface area (Å²) in [7, 11) is 0. The average molecular weight is 293 g/mol. The maximum atomic E-state index is 12.6. The lowest BCUT2D eigenvalue weighted by Crippen LogP contribution is -2.04. The van der Waals surface area contributed by atoms with Crippen LogP contribution in [0.15, 0.2) is 42.5 Å². The minimum Gasteiger partial charge on any atom is -0.457 e. The van der Waals surface area contributed by atoms with Crippen molar-refractivity contribution in [2.75, 3.05) is 0 Å². The van der Waals surface area contributed by atoms with E-state index in [1.165, 1.54) is 30.3 Å². The van der Waals surface area contributed by atoms with Crippen molar-refractivity contribution < 1.29 is 23.0 Å². The summed E-state index contributed by atoms with van der Waals surface area (Å²) < 4.78 is 43.1. The molecule has 0 aromatic heterocycles. The summed E-state index contributed by atoms with van der Waals surface area (Å²) in [6, 6.07) is 10.7. The minimum absolute atomic E-state index is 0.0189. The summed E-state index contributed by atoms with van der Waals surface area (Å²) in [5.74, 6) is 0.244. The molecule has 0 bridgehead atoms. The number of ether oxygens (including phenoxy) is 1. The first-order chi connectivity index (χ1) is 9.94. The number of benzene rings is 2. The second kappa shape index (κ2) is 5.85. The molecule has 0 amide bonds. The van der Waals surface area contributed by atoms with E-state index in [2.05, 4.69) is 0 Å². The molecule has 0 unspecified atom stereocenters. The largest absolute Gasteiger partial charge is 0.457 e. The van der Waals surface area contributed by atoms with Gasteiger partial charge in [0.05, 0.1) is 23.8 Å². The van der Waals surface area contributed by atoms with E-state index in [1.807, 2.05) is 6.07 Å². The molecule has 0 aliphatic rings. The van der Waals surface area contributed by atoms with Gasteiger partial charge in [-0.3, -0.25) is 0 Å². The van der Waals surface area contributed by atoms with Gasteiger partial charge in [-0.15, -0.1) is 0 Å². The number of aliphatic hydroxyl groups excluding tert-OH is 1. The van der Waals surface area contributed by atoms with Crippen LogP contribution in [0.2, 0.25) is 0 Å². The van der Waals surface area contributed by atoms with Gasteiger partial charge in [0.15, 0.2) is 0 Å². The van der Waals surface area contributed by atoms with E-state index in [1.54, 1.807) is 0 Å². The number of alkyl halides is 3. The number of rotatable bonds is 3. The summed E-state index contributed by atoms with van der Waals surface area (Å²) in [5, 5.41) is 18.0. The van der Waals surface area contributed by atoms with Crippen LogP contribution in [0.3, 0.4) is 0 Å². The molecule has 0 fully saturated rings. The van der Waals surface area contributed by atoms with Gasteiger partial charge in [-0.2, -0.15) is 18.4 Å². The van der Waals surface area contributed by atoms with E-state index in [0.717, 1.165) is 12.1 Å². The van der Waals surface area contributed by atoms with Gasteiger partial charge in [-0.1, -0.05) is 12.1 Å². The number of nitrogens with zero attached hydrogens (tertiary/aromatic N) is 1. The lowest BCUT2D eigenvalue weighted by Gasteiger charge is -2.10. The molecule has 0 aliphatic heterocycles. The Labute approximate surface area is 118 Å². The Kier molecular flexibility index (Phi) is 4.15. The van der Waals surface area contributed by atoms with Crippen LogP contribution in [0.1, 0.15) is 16.7 Å². The molecule has 0 saturated heterocycles.